The molecule has 5 rings (SSSR count). The highest BCUT2D eigenvalue weighted by Crippen LogP contribution is 2.38. The van der Waals surface area contributed by atoms with E-state index in [2.05, 4.69) is 25.4 Å². The number of halogens is 1. The second-order valence-electron chi connectivity index (χ2n) is 7.21. The molecule has 1 aromatic carbocycles. The summed E-state index contributed by atoms with van der Waals surface area (Å²) in [6.45, 7) is 1.23. The van der Waals surface area contributed by atoms with Crippen LogP contribution in [0.3, 0.4) is 0 Å². The fourth-order valence-electron chi connectivity index (χ4n) is 3.68. The molecule has 7 nitrogen and oxygen atoms in total. The first-order valence-electron chi connectivity index (χ1n) is 9.04. The second kappa shape index (κ2) is 5.89. The molecule has 2 fully saturated rings. The molecule has 134 valence electrons. The Bertz CT molecular complexity index is 975. The van der Waals surface area contributed by atoms with Gasteiger partial charge in [0.15, 0.2) is 11.5 Å². The molecule has 3 aromatic rings. The maximum absolute atomic E-state index is 13.6. The summed E-state index contributed by atoms with van der Waals surface area (Å²) in [6, 6.07) is 4.30. The van der Waals surface area contributed by atoms with E-state index in [0.717, 1.165) is 24.5 Å². The van der Waals surface area contributed by atoms with E-state index in [1.807, 2.05) is 0 Å². The molecule has 2 N–H and O–H groups in total. The van der Waals surface area contributed by atoms with Gasteiger partial charge in [-0.05, 0) is 43.9 Å². The molecule has 2 aliphatic rings. The number of likely N-dealkylation sites (tertiary alicyclic amines) is 1. The number of hydrogen-bond acceptors (Lipinski definition) is 4. The largest absolute Gasteiger partial charge is 0.337 e. The van der Waals surface area contributed by atoms with Crippen molar-refractivity contribution in [1.82, 2.24) is 30.3 Å². The Hall–Kier alpha value is -2.77. The number of aromatic amines is 2. The van der Waals surface area contributed by atoms with E-state index in [0.29, 0.717) is 29.9 Å². The Kier molecular flexibility index (Phi) is 3.51. The second-order valence-corrected chi connectivity index (χ2v) is 7.21. The van der Waals surface area contributed by atoms with Gasteiger partial charge in [0.1, 0.15) is 11.6 Å². The number of aromatic nitrogens is 5. The molecular weight excluding hydrogens is 335 g/mol. The SMILES string of the molecule is O=C(c1n[nH]c2ccc(F)cc12)N1CCCC(c2n[nH]c(C3CC3)n2)C1. The van der Waals surface area contributed by atoms with Crippen molar-refractivity contribution < 1.29 is 9.18 Å². The van der Waals surface area contributed by atoms with Crippen LogP contribution in [0.2, 0.25) is 0 Å². The molecule has 1 saturated heterocycles. The zero-order valence-electron chi connectivity index (χ0n) is 14.2. The zero-order valence-corrected chi connectivity index (χ0v) is 14.2. The van der Waals surface area contributed by atoms with Gasteiger partial charge < -0.3 is 4.90 Å². The van der Waals surface area contributed by atoms with Gasteiger partial charge in [0.2, 0.25) is 0 Å². The van der Waals surface area contributed by atoms with Crippen LogP contribution in [-0.2, 0) is 0 Å². The molecule has 0 radical (unpaired) electrons. The van der Waals surface area contributed by atoms with Crippen molar-refractivity contribution in [3.8, 4) is 0 Å². The highest BCUT2D eigenvalue weighted by atomic mass is 19.1. The third-order valence-corrected chi connectivity index (χ3v) is 5.29. The number of benzene rings is 1. The van der Waals surface area contributed by atoms with Crippen molar-refractivity contribution in [1.29, 1.82) is 0 Å². The summed E-state index contributed by atoms with van der Waals surface area (Å²) in [4.78, 5) is 19.4. The quantitative estimate of drug-likeness (QED) is 0.757. The molecule has 2 aromatic heterocycles. The van der Waals surface area contributed by atoms with Crippen molar-refractivity contribution in [3.05, 3.63) is 41.4 Å². The Morgan fingerprint density at radius 3 is 2.88 bits per heavy atom. The van der Waals surface area contributed by atoms with Gasteiger partial charge in [0.25, 0.3) is 5.91 Å². The number of amides is 1. The third-order valence-electron chi connectivity index (χ3n) is 5.29. The molecule has 26 heavy (non-hydrogen) atoms. The predicted molar refractivity (Wildman–Crippen MR) is 92.3 cm³/mol. The number of nitrogens with one attached hydrogen (secondary N) is 2. The minimum atomic E-state index is -0.377. The molecule has 1 unspecified atom stereocenters. The van der Waals surface area contributed by atoms with Gasteiger partial charge in [-0.1, -0.05) is 0 Å². The van der Waals surface area contributed by atoms with E-state index in [-0.39, 0.29) is 23.3 Å². The van der Waals surface area contributed by atoms with Crippen molar-refractivity contribution in [2.45, 2.75) is 37.5 Å². The predicted octanol–water partition coefficient (Wildman–Crippen LogP) is 2.72. The van der Waals surface area contributed by atoms with Gasteiger partial charge >= 0.3 is 0 Å². The number of carbonyl (C=O) groups is 1. The molecule has 1 amide bonds. The van der Waals surface area contributed by atoms with E-state index in [1.54, 1.807) is 11.0 Å². The van der Waals surface area contributed by atoms with Crippen LogP contribution in [0.15, 0.2) is 18.2 Å². The number of fused-ring (bicyclic) bond motifs is 1. The highest BCUT2D eigenvalue weighted by Gasteiger charge is 2.32. The lowest BCUT2D eigenvalue weighted by Gasteiger charge is -2.31. The van der Waals surface area contributed by atoms with Gasteiger partial charge in [0.05, 0.1) is 5.52 Å². The van der Waals surface area contributed by atoms with Crippen LogP contribution in [0.5, 0.6) is 0 Å². The average Bonchev–Trinajstić information content (AvgIpc) is 3.25. The molecule has 1 atom stereocenters. The fraction of sp³-hybridized carbons (Fsp3) is 0.444. The van der Waals surface area contributed by atoms with Crippen LogP contribution in [0, 0.1) is 5.82 Å². The van der Waals surface area contributed by atoms with Crippen LogP contribution in [0.25, 0.3) is 10.9 Å². The van der Waals surface area contributed by atoms with E-state index in [1.165, 1.54) is 25.0 Å². The average molecular weight is 354 g/mol. The minimum absolute atomic E-state index is 0.124. The standard InChI is InChI=1S/C18H19FN6O/c19-12-5-6-14-13(8-12)15(22-21-14)18(26)25-7-1-2-11(9-25)17-20-16(23-24-17)10-3-4-10/h5-6,8,10-11H,1-4,7,9H2,(H,21,22)(H,20,23,24). The van der Waals surface area contributed by atoms with E-state index < -0.39 is 0 Å². The highest BCUT2D eigenvalue weighted by molar-refractivity contribution is 6.04. The number of hydrogen-bond donors (Lipinski definition) is 2. The van der Waals surface area contributed by atoms with Crippen molar-refractivity contribution in [2.75, 3.05) is 13.1 Å². The van der Waals surface area contributed by atoms with Crippen LogP contribution in [-0.4, -0.2) is 49.3 Å². The molecule has 1 aliphatic heterocycles. The molecule has 0 bridgehead atoms. The van der Waals surface area contributed by atoms with E-state index in [9.17, 15) is 9.18 Å². The van der Waals surface area contributed by atoms with Gasteiger partial charge in [-0.2, -0.15) is 10.2 Å². The Morgan fingerprint density at radius 2 is 2.04 bits per heavy atom. The number of carbonyl (C=O) groups excluding carboxylic acids is 1. The lowest BCUT2D eigenvalue weighted by Crippen LogP contribution is -2.39. The number of piperidine rings is 1. The maximum Gasteiger partial charge on any atom is 0.275 e. The zero-order chi connectivity index (χ0) is 17.7. The Morgan fingerprint density at radius 1 is 1.15 bits per heavy atom. The van der Waals surface area contributed by atoms with E-state index in [4.69, 9.17) is 0 Å². The maximum atomic E-state index is 13.6. The first kappa shape index (κ1) is 15.5. The van der Waals surface area contributed by atoms with Gasteiger partial charge in [-0.25, -0.2) is 9.37 Å². The topological polar surface area (TPSA) is 90.6 Å². The first-order valence-corrected chi connectivity index (χ1v) is 9.04. The van der Waals surface area contributed by atoms with Crippen molar-refractivity contribution >= 4 is 16.8 Å². The molecule has 1 saturated carbocycles. The van der Waals surface area contributed by atoms with Crippen molar-refractivity contribution in [3.63, 3.8) is 0 Å². The van der Waals surface area contributed by atoms with Gasteiger partial charge in [-0.3, -0.25) is 15.0 Å². The summed E-state index contributed by atoms with van der Waals surface area (Å²) in [5.74, 6) is 1.86. The van der Waals surface area contributed by atoms with Crippen LogP contribution in [0.1, 0.15) is 59.7 Å². The molecular formula is C18H19FN6O. The van der Waals surface area contributed by atoms with Crippen LogP contribution >= 0.6 is 0 Å². The lowest BCUT2D eigenvalue weighted by molar-refractivity contribution is 0.0700. The Labute approximate surface area is 149 Å². The summed E-state index contributed by atoms with van der Waals surface area (Å²) in [5, 5.41) is 14.9. The fourth-order valence-corrected chi connectivity index (χ4v) is 3.68. The molecule has 1 aliphatic carbocycles. The third kappa shape index (κ3) is 2.65. The number of H-pyrrole nitrogens is 2. The summed E-state index contributed by atoms with van der Waals surface area (Å²) in [6.07, 6.45) is 4.20. The monoisotopic (exact) mass is 354 g/mol. The molecule has 3 heterocycles. The van der Waals surface area contributed by atoms with Crippen LogP contribution < -0.4 is 0 Å². The number of nitrogens with zero attached hydrogens (tertiary/aromatic N) is 4. The van der Waals surface area contributed by atoms with Gasteiger partial charge in [-0.15, -0.1) is 0 Å². The molecule has 0 spiro atoms. The lowest BCUT2D eigenvalue weighted by atomic mass is 9.97. The Balaban J connectivity index is 1.38. The normalized spacial score (nSPS) is 20.7. The summed E-state index contributed by atoms with van der Waals surface area (Å²) >= 11 is 0. The first-order chi connectivity index (χ1) is 12.7. The van der Waals surface area contributed by atoms with Crippen molar-refractivity contribution in [2.24, 2.45) is 0 Å². The smallest absolute Gasteiger partial charge is 0.275 e. The van der Waals surface area contributed by atoms with Gasteiger partial charge in [0, 0.05) is 30.3 Å². The van der Waals surface area contributed by atoms with Crippen LogP contribution in [0.4, 0.5) is 4.39 Å². The number of rotatable bonds is 3. The summed E-state index contributed by atoms with van der Waals surface area (Å²) in [5.41, 5.74) is 0.931. The minimum Gasteiger partial charge on any atom is -0.337 e. The molecule has 8 heteroatoms. The summed E-state index contributed by atoms with van der Waals surface area (Å²) < 4.78 is 13.6. The van der Waals surface area contributed by atoms with E-state index >= 15 is 0 Å². The summed E-state index contributed by atoms with van der Waals surface area (Å²) in [7, 11) is 0.